The zero-order valence-corrected chi connectivity index (χ0v) is 15.5. The standard InChI is InChI=1S/C12H10O2.C6H15N5.ClH/c13-11-7-3-1-5-9(11)10-6-2-4-8-12(10)14;1-2-3-4-10-6(9)11-5(7)8;/h1-8,13-14H;2-4H2,1H3,(H6,7,8,9,10,11);1H. The van der Waals surface area contributed by atoms with E-state index in [-0.39, 0.29) is 35.8 Å². The molecule has 0 radical (unpaired) electrons. The number of phenols is 2. The number of hydrogen-bond donors (Lipinski definition) is 6. The van der Waals surface area contributed by atoms with Crippen LogP contribution in [-0.2, 0) is 0 Å². The van der Waals surface area contributed by atoms with E-state index in [2.05, 4.69) is 17.2 Å². The zero-order valence-electron chi connectivity index (χ0n) is 14.6. The van der Waals surface area contributed by atoms with Gasteiger partial charge in [0.15, 0.2) is 11.9 Å². The van der Waals surface area contributed by atoms with Crippen molar-refractivity contribution < 1.29 is 10.2 Å². The van der Waals surface area contributed by atoms with Crippen molar-refractivity contribution in [3.05, 3.63) is 48.5 Å². The molecule has 2 aromatic rings. The monoisotopic (exact) mass is 379 g/mol. The van der Waals surface area contributed by atoms with E-state index in [9.17, 15) is 10.2 Å². The van der Waals surface area contributed by atoms with Gasteiger partial charge in [-0.2, -0.15) is 0 Å². The summed E-state index contributed by atoms with van der Waals surface area (Å²) >= 11 is 0. The number of guanidine groups is 2. The maximum absolute atomic E-state index is 9.58. The molecule has 0 amide bonds. The Morgan fingerprint density at radius 2 is 1.46 bits per heavy atom. The first kappa shape index (κ1) is 23.1. The highest BCUT2D eigenvalue weighted by Crippen LogP contribution is 2.34. The van der Waals surface area contributed by atoms with Gasteiger partial charge in [0.1, 0.15) is 11.5 Å². The molecule has 8 N–H and O–H groups in total. The predicted octanol–water partition coefficient (Wildman–Crippen LogP) is 2.77. The fourth-order valence-electron chi connectivity index (χ4n) is 1.94. The van der Waals surface area contributed by atoms with Gasteiger partial charge in [0.2, 0.25) is 0 Å². The van der Waals surface area contributed by atoms with Crippen LogP contribution in [0.4, 0.5) is 0 Å². The van der Waals surface area contributed by atoms with Crippen LogP contribution >= 0.6 is 12.4 Å². The molecule has 26 heavy (non-hydrogen) atoms. The van der Waals surface area contributed by atoms with Gasteiger partial charge in [-0.15, -0.1) is 12.4 Å². The molecule has 142 valence electrons. The third kappa shape index (κ3) is 8.25. The van der Waals surface area contributed by atoms with Gasteiger partial charge in [0.25, 0.3) is 0 Å². The number of benzene rings is 2. The molecule has 7 nitrogen and oxygen atoms in total. The Hall–Kier alpha value is -2.93. The molecule has 0 bridgehead atoms. The van der Waals surface area contributed by atoms with Gasteiger partial charge in [-0.3, -0.25) is 15.7 Å². The van der Waals surface area contributed by atoms with Crippen LogP contribution in [0.1, 0.15) is 19.8 Å². The van der Waals surface area contributed by atoms with Crippen LogP contribution in [0.25, 0.3) is 11.1 Å². The van der Waals surface area contributed by atoms with Crippen molar-refractivity contribution in [2.24, 2.45) is 16.5 Å². The van der Waals surface area contributed by atoms with Crippen LogP contribution in [0.5, 0.6) is 11.5 Å². The van der Waals surface area contributed by atoms with Crippen molar-refractivity contribution in [1.29, 1.82) is 5.41 Å². The normalized spacial score (nSPS) is 10.1. The second-order valence-electron chi connectivity index (χ2n) is 5.19. The highest BCUT2D eigenvalue weighted by atomic mass is 35.5. The molecule has 2 aromatic carbocycles. The highest BCUT2D eigenvalue weighted by Gasteiger charge is 2.06. The van der Waals surface area contributed by atoms with E-state index in [1.54, 1.807) is 36.4 Å². The maximum Gasteiger partial charge on any atom is 0.195 e. The topological polar surface area (TPSA) is 141 Å². The number of hydrogen-bond acceptors (Lipinski definition) is 4. The molecule has 0 aromatic heterocycles. The summed E-state index contributed by atoms with van der Waals surface area (Å²) < 4.78 is 0. The van der Waals surface area contributed by atoms with Crippen LogP contribution in [0.3, 0.4) is 0 Å². The molecule has 8 heteroatoms. The first-order chi connectivity index (χ1) is 12.0. The largest absolute Gasteiger partial charge is 0.507 e. The lowest BCUT2D eigenvalue weighted by molar-refractivity contribution is 0.469. The lowest BCUT2D eigenvalue weighted by atomic mass is 10.0. The Kier molecular flexibility index (Phi) is 11.0. The summed E-state index contributed by atoms with van der Waals surface area (Å²) in [5.41, 5.74) is 11.6. The van der Waals surface area contributed by atoms with Gasteiger partial charge in [0.05, 0.1) is 0 Å². The van der Waals surface area contributed by atoms with Gasteiger partial charge in [0, 0.05) is 17.7 Å². The number of phenolic OH excluding ortho intramolecular Hbond substituents is 2. The zero-order chi connectivity index (χ0) is 18.7. The minimum absolute atomic E-state index is 0. The molecule has 0 unspecified atom stereocenters. The van der Waals surface area contributed by atoms with E-state index in [0.717, 1.165) is 12.8 Å². The van der Waals surface area contributed by atoms with Crippen LogP contribution < -0.4 is 16.8 Å². The lowest BCUT2D eigenvalue weighted by Crippen LogP contribution is -2.40. The quantitative estimate of drug-likeness (QED) is 0.275. The number of nitrogens with two attached hydrogens (primary N) is 2. The molecule has 0 atom stereocenters. The minimum atomic E-state index is -0.178. The van der Waals surface area contributed by atoms with Crippen LogP contribution in [0, 0.1) is 5.41 Å². The summed E-state index contributed by atoms with van der Waals surface area (Å²) in [7, 11) is 0. The van der Waals surface area contributed by atoms with Crippen LogP contribution in [0.15, 0.2) is 53.5 Å². The van der Waals surface area contributed by atoms with Crippen molar-refractivity contribution in [3.8, 4) is 22.6 Å². The second-order valence-corrected chi connectivity index (χ2v) is 5.19. The maximum atomic E-state index is 9.58. The minimum Gasteiger partial charge on any atom is -0.507 e. The first-order valence-electron chi connectivity index (χ1n) is 7.93. The van der Waals surface area contributed by atoms with Gasteiger partial charge < -0.3 is 21.7 Å². The Morgan fingerprint density at radius 1 is 1.00 bits per heavy atom. The van der Waals surface area contributed by atoms with Crippen molar-refractivity contribution in [2.45, 2.75) is 19.8 Å². The second kappa shape index (κ2) is 12.4. The fourth-order valence-corrected chi connectivity index (χ4v) is 1.94. The SMILES string of the molecule is CCCCN=C(N)NC(=N)N.Cl.Oc1ccccc1-c1ccccc1O. The van der Waals surface area contributed by atoms with Gasteiger partial charge in [-0.05, 0) is 18.6 Å². The summed E-state index contributed by atoms with van der Waals surface area (Å²) in [5.74, 6) is 0.386. The predicted molar refractivity (Wildman–Crippen MR) is 109 cm³/mol. The van der Waals surface area contributed by atoms with Gasteiger partial charge in [-0.1, -0.05) is 49.7 Å². The fraction of sp³-hybridized carbons (Fsp3) is 0.222. The molecule has 0 heterocycles. The summed E-state index contributed by atoms with van der Waals surface area (Å²) in [6.45, 7) is 2.76. The molecular weight excluding hydrogens is 354 g/mol. The molecule has 0 fully saturated rings. The number of halogens is 1. The van der Waals surface area contributed by atoms with E-state index in [4.69, 9.17) is 16.9 Å². The molecule has 0 spiro atoms. The number of aromatic hydroxyl groups is 2. The average Bonchev–Trinajstić information content (AvgIpc) is 2.56. The van der Waals surface area contributed by atoms with Crippen molar-refractivity contribution in [3.63, 3.8) is 0 Å². The Balaban J connectivity index is 0.000000479. The van der Waals surface area contributed by atoms with Gasteiger partial charge in [-0.25, -0.2) is 0 Å². The van der Waals surface area contributed by atoms with E-state index >= 15 is 0 Å². The lowest BCUT2D eigenvalue weighted by Gasteiger charge is -2.05. The van der Waals surface area contributed by atoms with Crippen LogP contribution in [-0.4, -0.2) is 28.7 Å². The van der Waals surface area contributed by atoms with Crippen LogP contribution in [0.2, 0.25) is 0 Å². The van der Waals surface area contributed by atoms with E-state index in [1.165, 1.54) is 0 Å². The summed E-state index contributed by atoms with van der Waals surface area (Å²) in [4.78, 5) is 3.92. The van der Waals surface area contributed by atoms with Crippen molar-refractivity contribution in [1.82, 2.24) is 5.32 Å². The number of nitrogens with zero attached hydrogens (tertiary/aromatic N) is 1. The summed E-state index contributed by atoms with van der Waals surface area (Å²) in [6, 6.07) is 13.9. The van der Waals surface area contributed by atoms with E-state index < -0.39 is 0 Å². The van der Waals surface area contributed by atoms with Gasteiger partial charge >= 0.3 is 0 Å². The molecule has 0 aliphatic rings. The highest BCUT2D eigenvalue weighted by molar-refractivity contribution is 5.95. The third-order valence-corrected chi connectivity index (χ3v) is 3.15. The molecule has 0 saturated carbocycles. The molecule has 0 aliphatic heterocycles. The van der Waals surface area contributed by atoms with E-state index in [0.29, 0.717) is 17.7 Å². The smallest absolute Gasteiger partial charge is 0.195 e. The Labute approximate surface area is 159 Å². The molecular formula is C18H26ClN5O2. The summed E-state index contributed by atoms with van der Waals surface area (Å²) in [6.07, 6.45) is 2.08. The molecule has 2 rings (SSSR count). The molecule has 0 saturated heterocycles. The Morgan fingerprint density at radius 3 is 1.85 bits per heavy atom. The summed E-state index contributed by atoms with van der Waals surface area (Å²) in [5, 5.41) is 28.4. The number of unbranched alkanes of at least 4 members (excludes halogenated alkanes) is 1. The number of nitrogens with one attached hydrogen (secondary N) is 2. The third-order valence-electron chi connectivity index (χ3n) is 3.15. The van der Waals surface area contributed by atoms with Crippen molar-refractivity contribution >= 4 is 24.3 Å². The van der Waals surface area contributed by atoms with Crippen molar-refractivity contribution in [2.75, 3.05) is 6.54 Å². The number of rotatable bonds is 4. The number of para-hydroxylation sites is 2. The average molecular weight is 380 g/mol. The first-order valence-corrected chi connectivity index (χ1v) is 7.93. The number of aliphatic imine (C=N–C) groups is 1. The Bertz CT molecular complexity index is 679. The van der Waals surface area contributed by atoms with E-state index in [1.807, 2.05) is 12.1 Å². The molecule has 0 aliphatic carbocycles.